The summed E-state index contributed by atoms with van der Waals surface area (Å²) in [7, 11) is 0. The van der Waals surface area contributed by atoms with Crippen LogP contribution in [-0.2, 0) is 0 Å². The number of anilines is 2. The van der Waals surface area contributed by atoms with Crippen molar-refractivity contribution < 1.29 is 23.4 Å². The Bertz CT molecular complexity index is 692. The molecule has 0 unspecified atom stereocenters. The molecule has 138 valence electrons. The number of nitrogen functional groups attached to an aromatic ring is 1. The highest BCUT2D eigenvalue weighted by Crippen LogP contribution is 2.51. The van der Waals surface area contributed by atoms with Crippen LogP contribution in [-0.4, -0.2) is 47.4 Å². The van der Waals surface area contributed by atoms with Crippen LogP contribution in [0.25, 0.3) is 0 Å². The predicted octanol–water partition coefficient (Wildman–Crippen LogP) is 3.23. The standard InChI is InChI=1S/C17H23F2N3O3/c1-16(2,3)17-7-11(8-22(17)15(23)24)21(9-17)10-4-5-12(20)13(6-10)25-14(18)19/h4-6,11,14H,7-9,20H2,1-3H3,(H,23,24)/t11-,17+/m1/s1. The van der Waals surface area contributed by atoms with E-state index in [4.69, 9.17) is 5.73 Å². The van der Waals surface area contributed by atoms with Crippen molar-refractivity contribution in [2.24, 2.45) is 5.41 Å². The highest BCUT2D eigenvalue weighted by Gasteiger charge is 2.61. The van der Waals surface area contributed by atoms with Crippen LogP contribution in [0.4, 0.5) is 25.0 Å². The number of carbonyl (C=O) groups is 1. The van der Waals surface area contributed by atoms with E-state index in [9.17, 15) is 18.7 Å². The molecule has 25 heavy (non-hydrogen) atoms. The lowest BCUT2D eigenvalue weighted by Crippen LogP contribution is -2.61. The normalized spacial score (nSPS) is 25.8. The second kappa shape index (κ2) is 5.64. The first kappa shape index (κ1) is 17.6. The Balaban J connectivity index is 1.94. The number of fused-ring (bicyclic) bond motifs is 2. The highest BCUT2D eigenvalue weighted by molar-refractivity contribution is 5.70. The summed E-state index contributed by atoms with van der Waals surface area (Å²) in [5, 5.41) is 9.59. The Morgan fingerprint density at radius 3 is 2.68 bits per heavy atom. The van der Waals surface area contributed by atoms with E-state index in [2.05, 4.69) is 9.64 Å². The van der Waals surface area contributed by atoms with Gasteiger partial charge in [-0.2, -0.15) is 8.78 Å². The molecule has 2 saturated heterocycles. The number of carboxylic acid groups (broad SMARTS) is 1. The van der Waals surface area contributed by atoms with Crippen LogP contribution in [0.5, 0.6) is 5.75 Å². The molecular weight excluding hydrogens is 332 g/mol. The number of halogens is 2. The fourth-order valence-corrected chi connectivity index (χ4v) is 4.13. The van der Waals surface area contributed by atoms with Crippen molar-refractivity contribution in [3.63, 3.8) is 0 Å². The summed E-state index contributed by atoms with van der Waals surface area (Å²) in [6.07, 6.45) is -0.214. The number of hydrogen-bond donors (Lipinski definition) is 2. The maximum absolute atomic E-state index is 12.6. The lowest BCUT2D eigenvalue weighted by Gasteiger charge is -2.48. The quantitative estimate of drug-likeness (QED) is 0.814. The number of hydrogen-bond acceptors (Lipinski definition) is 4. The maximum atomic E-state index is 12.6. The largest absolute Gasteiger partial charge is 0.465 e. The van der Waals surface area contributed by atoms with Gasteiger partial charge in [-0.05, 0) is 24.0 Å². The average Bonchev–Trinajstić information content (AvgIpc) is 3.05. The molecule has 3 rings (SSSR count). The second-order valence-electron chi connectivity index (χ2n) is 7.76. The molecule has 8 heteroatoms. The summed E-state index contributed by atoms with van der Waals surface area (Å²) in [5.74, 6) is -0.0600. The molecule has 0 spiro atoms. The van der Waals surface area contributed by atoms with Crippen molar-refractivity contribution >= 4 is 17.5 Å². The molecule has 2 aliphatic heterocycles. The zero-order valence-corrected chi connectivity index (χ0v) is 14.5. The number of likely N-dealkylation sites (tertiary alicyclic amines) is 1. The molecule has 2 bridgehead atoms. The summed E-state index contributed by atoms with van der Waals surface area (Å²) < 4.78 is 29.6. The number of nitrogens with zero attached hydrogens (tertiary/aromatic N) is 2. The molecule has 3 N–H and O–H groups in total. The summed E-state index contributed by atoms with van der Waals surface area (Å²) in [4.78, 5) is 15.3. The average molecular weight is 355 g/mol. The minimum Gasteiger partial charge on any atom is -0.465 e. The van der Waals surface area contributed by atoms with E-state index < -0.39 is 18.2 Å². The van der Waals surface area contributed by atoms with Crippen LogP contribution in [0.15, 0.2) is 18.2 Å². The van der Waals surface area contributed by atoms with Crippen LogP contribution >= 0.6 is 0 Å². The van der Waals surface area contributed by atoms with Gasteiger partial charge >= 0.3 is 12.7 Å². The highest BCUT2D eigenvalue weighted by atomic mass is 19.3. The van der Waals surface area contributed by atoms with Gasteiger partial charge < -0.3 is 20.5 Å². The van der Waals surface area contributed by atoms with Gasteiger partial charge in [0.05, 0.1) is 11.2 Å². The number of nitrogens with two attached hydrogens (primary N) is 1. The van der Waals surface area contributed by atoms with E-state index in [-0.39, 0.29) is 22.9 Å². The number of alkyl halides is 2. The second-order valence-corrected chi connectivity index (χ2v) is 7.76. The van der Waals surface area contributed by atoms with E-state index in [1.807, 2.05) is 20.8 Å². The Labute approximate surface area is 145 Å². The summed E-state index contributed by atoms with van der Waals surface area (Å²) in [5.41, 5.74) is 5.79. The first-order valence-electron chi connectivity index (χ1n) is 8.17. The predicted molar refractivity (Wildman–Crippen MR) is 90.2 cm³/mol. The fourth-order valence-electron chi connectivity index (χ4n) is 4.13. The van der Waals surface area contributed by atoms with Crippen molar-refractivity contribution in [3.8, 4) is 5.75 Å². The molecule has 0 aromatic heterocycles. The third kappa shape index (κ3) is 2.73. The van der Waals surface area contributed by atoms with Crippen molar-refractivity contribution in [2.45, 2.75) is 45.4 Å². The smallest absolute Gasteiger partial charge is 0.407 e. The number of piperazine rings is 1. The zero-order chi connectivity index (χ0) is 18.6. The van der Waals surface area contributed by atoms with Gasteiger partial charge in [0.1, 0.15) is 0 Å². The molecule has 6 nitrogen and oxygen atoms in total. The minimum atomic E-state index is -2.95. The van der Waals surface area contributed by atoms with Gasteiger partial charge in [-0.3, -0.25) is 4.90 Å². The number of benzene rings is 1. The van der Waals surface area contributed by atoms with Gasteiger partial charge in [0, 0.05) is 30.9 Å². The van der Waals surface area contributed by atoms with Crippen LogP contribution < -0.4 is 15.4 Å². The van der Waals surface area contributed by atoms with Crippen molar-refractivity contribution in [1.29, 1.82) is 0 Å². The molecule has 2 heterocycles. The van der Waals surface area contributed by atoms with E-state index in [1.165, 1.54) is 17.0 Å². The number of amides is 1. The molecule has 2 aliphatic rings. The van der Waals surface area contributed by atoms with Gasteiger partial charge in [0.25, 0.3) is 0 Å². The van der Waals surface area contributed by atoms with E-state index >= 15 is 0 Å². The topological polar surface area (TPSA) is 79.0 Å². The molecule has 0 radical (unpaired) electrons. The molecule has 1 amide bonds. The van der Waals surface area contributed by atoms with E-state index in [0.717, 1.165) is 0 Å². The van der Waals surface area contributed by atoms with Crippen molar-refractivity contribution in [3.05, 3.63) is 18.2 Å². The number of ether oxygens (including phenoxy) is 1. The van der Waals surface area contributed by atoms with Crippen LogP contribution in [0, 0.1) is 5.41 Å². The lowest BCUT2D eigenvalue weighted by molar-refractivity contribution is -0.0493. The molecule has 0 saturated carbocycles. The van der Waals surface area contributed by atoms with Crippen LogP contribution in [0.3, 0.4) is 0 Å². The van der Waals surface area contributed by atoms with Crippen LogP contribution in [0.2, 0.25) is 0 Å². The van der Waals surface area contributed by atoms with Gasteiger partial charge in [-0.25, -0.2) is 4.79 Å². The van der Waals surface area contributed by atoms with Crippen LogP contribution in [0.1, 0.15) is 27.2 Å². The van der Waals surface area contributed by atoms with Gasteiger partial charge in [-0.15, -0.1) is 0 Å². The summed E-state index contributed by atoms with van der Waals surface area (Å²) >= 11 is 0. The van der Waals surface area contributed by atoms with Crippen molar-refractivity contribution in [1.82, 2.24) is 4.90 Å². The summed E-state index contributed by atoms with van der Waals surface area (Å²) in [6.45, 7) is 4.04. The Morgan fingerprint density at radius 1 is 1.44 bits per heavy atom. The Hall–Kier alpha value is -2.25. The first-order valence-corrected chi connectivity index (χ1v) is 8.17. The lowest BCUT2D eigenvalue weighted by atomic mass is 9.73. The molecule has 2 atom stereocenters. The SMILES string of the molecule is CC(C)(C)[C@@]12C[C@H](CN1C(=O)O)N(c1ccc(N)c(OC(F)F)c1)C2. The van der Waals surface area contributed by atoms with Gasteiger partial charge in [0.15, 0.2) is 5.75 Å². The molecule has 0 aliphatic carbocycles. The fraction of sp³-hybridized carbons (Fsp3) is 0.588. The maximum Gasteiger partial charge on any atom is 0.407 e. The van der Waals surface area contributed by atoms with Crippen molar-refractivity contribution in [2.75, 3.05) is 23.7 Å². The van der Waals surface area contributed by atoms with E-state index in [0.29, 0.717) is 25.2 Å². The Morgan fingerprint density at radius 2 is 2.12 bits per heavy atom. The van der Waals surface area contributed by atoms with Gasteiger partial charge in [0.2, 0.25) is 0 Å². The molecule has 1 aromatic carbocycles. The Kier molecular flexibility index (Phi) is 3.96. The molecular formula is C17H23F2N3O3. The van der Waals surface area contributed by atoms with E-state index in [1.54, 1.807) is 6.07 Å². The summed E-state index contributed by atoms with van der Waals surface area (Å²) in [6, 6.07) is 4.80. The minimum absolute atomic E-state index is 0.00153. The third-order valence-electron chi connectivity index (χ3n) is 5.53. The number of rotatable bonds is 3. The monoisotopic (exact) mass is 355 g/mol. The molecule has 2 fully saturated rings. The van der Waals surface area contributed by atoms with Gasteiger partial charge in [-0.1, -0.05) is 20.8 Å². The first-order chi connectivity index (χ1) is 11.5. The molecule has 1 aromatic rings. The third-order valence-corrected chi connectivity index (χ3v) is 5.53. The zero-order valence-electron chi connectivity index (χ0n) is 14.5.